The van der Waals surface area contributed by atoms with E-state index in [1.54, 1.807) is 0 Å². The van der Waals surface area contributed by atoms with Gasteiger partial charge in [-0.15, -0.1) is 11.6 Å². The maximum absolute atomic E-state index is 12.0. The summed E-state index contributed by atoms with van der Waals surface area (Å²) in [7, 11) is 0. The first-order valence-electron chi connectivity index (χ1n) is 2.73. The van der Waals surface area contributed by atoms with E-state index in [9.17, 15) is 8.78 Å². The number of nitrogens with zero attached hydrogens (tertiary/aromatic N) is 2. The number of alkyl halides is 3. The van der Waals surface area contributed by atoms with Crippen LogP contribution in [0.4, 0.5) is 8.78 Å². The summed E-state index contributed by atoms with van der Waals surface area (Å²) >= 11 is 8.30. The summed E-state index contributed by atoms with van der Waals surface area (Å²) in [6.45, 7) is -2.62. The van der Waals surface area contributed by atoms with E-state index in [4.69, 9.17) is 11.6 Å². The summed E-state index contributed by atoms with van der Waals surface area (Å²) in [6.07, 6.45) is 0. The minimum atomic E-state index is -2.62. The van der Waals surface area contributed by atoms with E-state index in [0.29, 0.717) is 10.4 Å². The van der Waals surface area contributed by atoms with Crippen molar-refractivity contribution in [2.24, 2.45) is 0 Å². The van der Waals surface area contributed by atoms with Gasteiger partial charge in [-0.2, -0.15) is 18.6 Å². The van der Waals surface area contributed by atoms with Crippen LogP contribution in [0, 0.1) is 0 Å². The van der Waals surface area contributed by atoms with Gasteiger partial charge in [0.25, 0.3) is 0 Å². The van der Waals surface area contributed by atoms with Crippen molar-refractivity contribution in [2.45, 2.75) is 12.4 Å². The lowest BCUT2D eigenvalue weighted by atomic mass is 10.5. The van der Waals surface area contributed by atoms with Gasteiger partial charge < -0.3 is 0 Å². The van der Waals surface area contributed by atoms with E-state index in [2.05, 4.69) is 21.0 Å². The van der Waals surface area contributed by atoms with Crippen LogP contribution < -0.4 is 0 Å². The molecule has 0 fully saturated rings. The van der Waals surface area contributed by atoms with E-state index in [-0.39, 0.29) is 10.5 Å². The highest BCUT2D eigenvalue weighted by Crippen LogP contribution is 2.19. The molecule has 0 aliphatic carbocycles. The summed E-state index contributed by atoms with van der Waals surface area (Å²) in [5.74, 6) is 0.137. The van der Waals surface area contributed by atoms with Gasteiger partial charge in [0.05, 0.1) is 11.6 Å². The predicted octanol–water partition coefficient (Wildman–Crippen LogP) is 2.78. The average molecular weight is 245 g/mol. The van der Waals surface area contributed by atoms with Gasteiger partial charge in [0.15, 0.2) is 0 Å². The van der Waals surface area contributed by atoms with E-state index < -0.39 is 6.55 Å². The fourth-order valence-electron chi connectivity index (χ4n) is 0.621. The Morgan fingerprint density at radius 3 is 2.64 bits per heavy atom. The van der Waals surface area contributed by atoms with Gasteiger partial charge in [-0.3, -0.25) is 0 Å². The number of hydrogen-bond acceptors (Lipinski definition) is 1. The highest BCUT2D eigenvalue weighted by Gasteiger charge is 2.11. The maximum Gasteiger partial charge on any atom is 0.334 e. The van der Waals surface area contributed by atoms with Crippen LogP contribution in [-0.2, 0) is 5.88 Å². The Kier molecular flexibility index (Phi) is 2.84. The fraction of sp³-hybridized carbons (Fsp3) is 0.400. The van der Waals surface area contributed by atoms with Gasteiger partial charge in [0, 0.05) is 0 Å². The molecule has 11 heavy (non-hydrogen) atoms. The summed E-state index contributed by atoms with van der Waals surface area (Å²) < 4.78 is 24.8. The standard InChI is InChI=1S/C5H4BrClF2N2/c6-4-1-3(2-7)10-11(4)5(8)9/h1,5H,2H2. The molecule has 1 rings (SSSR count). The molecule has 2 nitrogen and oxygen atoms in total. The molecule has 0 aromatic carbocycles. The number of hydrogen-bond donors (Lipinski definition) is 0. The van der Waals surface area contributed by atoms with Crippen LogP contribution in [0.15, 0.2) is 10.7 Å². The van der Waals surface area contributed by atoms with Crippen LogP contribution in [-0.4, -0.2) is 9.78 Å². The van der Waals surface area contributed by atoms with Gasteiger partial charge in [-0.1, -0.05) is 0 Å². The molecular weight excluding hydrogens is 241 g/mol. The first-order valence-corrected chi connectivity index (χ1v) is 4.06. The molecule has 0 unspecified atom stereocenters. The van der Waals surface area contributed by atoms with Crippen molar-refractivity contribution in [1.82, 2.24) is 9.78 Å². The molecule has 0 N–H and O–H groups in total. The van der Waals surface area contributed by atoms with Crippen molar-refractivity contribution in [1.29, 1.82) is 0 Å². The van der Waals surface area contributed by atoms with Crippen molar-refractivity contribution in [3.8, 4) is 0 Å². The largest absolute Gasteiger partial charge is 0.334 e. The van der Waals surface area contributed by atoms with Crippen LogP contribution in [0.3, 0.4) is 0 Å². The molecule has 0 aliphatic heterocycles. The summed E-state index contributed by atoms with van der Waals surface area (Å²) in [4.78, 5) is 0. The van der Waals surface area contributed by atoms with Crippen LogP contribution in [0.25, 0.3) is 0 Å². The van der Waals surface area contributed by atoms with Crippen molar-refractivity contribution in [3.05, 3.63) is 16.4 Å². The molecular formula is C5H4BrClF2N2. The smallest absolute Gasteiger partial charge is 0.197 e. The Labute approximate surface area is 75.3 Å². The van der Waals surface area contributed by atoms with Gasteiger partial charge in [0.2, 0.25) is 0 Å². The second-order valence-corrected chi connectivity index (χ2v) is 2.89. The summed E-state index contributed by atoms with van der Waals surface area (Å²) in [5.41, 5.74) is 0.429. The Morgan fingerprint density at radius 1 is 1.73 bits per heavy atom. The predicted molar refractivity (Wildman–Crippen MR) is 40.7 cm³/mol. The van der Waals surface area contributed by atoms with E-state index >= 15 is 0 Å². The zero-order chi connectivity index (χ0) is 8.43. The molecule has 0 aliphatic rings. The Balaban J connectivity index is 2.97. The number of halogens is 4. The first-order chi connectivity index (χ1) is 5.15. The maximum atomic E-state index is 12.0. The third kappa shape index (κ3) is 1.90. The minimum Gasteiger partial charge on any atom is -0.197 e. The highest BCUT2D eigenvalue weighted by atomic mass is 79.9. The average Bonchev–Trinajstić information content (AvgIpc) is 2.30. The quantitative estimate of drug-likeness (QED) is 0.733. The summed E-state index contributed by atoms with van der Waals surface area (Å²) in [6, 6.07) is 1.46. The third-order valence-electron chi connectivity index (χ3n) is 1.06. The molecule has 1 aromatic heterocycles. The molecule has 0 bridgehead atoms. The summed E-state index contributed by atoms with van der Waals surface area (Å²) in [5, 5.41) is 3.52. The SMILES string of the molecule is FC(F)n1nc(CCl)cc1Br. The normalized spacial score (nSPS) is 11.0. The van der Waals surface area contributed by atoms with E-state index in [0.717, 1.165) is 0 Å². The molecule has 0 amide bonds. The molecule has 6 heteroatoms. The zero-order valence-corrected chi connectivity index (χ0v) is 7.61. The first kappa shape index (κ1) is 8.93. The molecule has 0 saturated carbocycles. The van der Waals surface area contributed by atoms with Crippen LogP contribution in [0.1, 0.15) is 12.2 Å². The third-order valence-corrected chi connectivity index (χ3v) is 1.93. The second kappa shape index (κ2) is 3.49. The fourth-order valence-corrected chi connectivity index (χ4v) is 1.25. The minimum absolute atomic E-state index is 0.137. The van der Waals surface area contributed by atoms with Gasteiger partial charge in [-0.05, 0) is 22.0 Å². The van der Waals surface area contributed by atoms with Gasteiger partial charge in [0.1, 0.15) is 4.60 Å². The lowest BCUT2D eigenvalue weighted by molar-refractivity contribution is 0.0538. The second-order valence-electron chi connectivity index (χ2n) is 1.81. The van der Waals surface area contributed by atoms with Gasteiger partial charge in [-0.25, -0.2) is 0 Å². The zero-order valence-electron chi connectivity index (χ0n) is 5.27. The lowest BCUT2D eigenvalue weighted by Gasteiger charge is -1.98. The Hall–Kier alpha value is -0.160. The molecule has 0 radical (unpaired) electrons. The molecule has 62 valence electrons. The van der Waals surface area contributed by atoms with Crippen LogP contribution in [0.2, 0.25) is 0 Å². The van der Waals surface area contributed by atoms with Crippen LogP contribution >= 0.6 is 27.5 Å². The molecule has 0 saturated heterocycles. The molecule has 0 atom stereocenters. The Bertz CT molecular complexity index is 251. The topological polar surface area (TPSA) is 17.8 Å². The van der Waals surface area contributed by atoms with Gasteiger partial charge >= 0.3 is 6.55 Å². The number of aromatic nitrogens is 2. The molecule has 1 aromatic rings. The Morgan fingerprint density at radius 2 is 2.36 bits per heavy atom. The van der Waals surface area contributed by atoms with Crippen molar-refractivity contribution >= 4 is 27.5 Å². The molecule has 1 heterocycles. The van der Waals surface area contributed by atoms with Crippen molar-refractivity contribution in [3.63, 3.8) is 0 Å². The highest BCUT2D eigenvalue weighted by molar-refractivity contribution is 9.10. The number of rotatable bonds is 2. The van der Waals surface area contributed by atoms with E-state index in [1.807, 2.05) is 0 Å². The van der Waals surface area contributed by atoms with Crippen molar-refractivity contribution < 1.29 is 8.78 Å². The molecule has 0 spiro atoms. The monoisotopic (exact) mass is 244 g/mol. The van der Waals surface area contributed by atoms with Crippen molar-refractivity contribution in [2.75, 3.05) is 0 Å². The van der Waals surface area contributed by atoms with Crippen LogP contribution in [0.5, 0.6) is 0 Å². The lowest BCUT2D eigenvalue weighted by Crippen LogP contribution is -2.00. The van der Waals surface area contributed by atoms with E-state index in [1.165, 1.54) is 6.07 Å².